The van der Waals surface area contributed by atoms with E-state index >= 15 is 0 Å². The Labute approximate surface area is 112 Å². The largest absolute Gasteiger partial charge is 0.497 e. The number of anilines is 3. The second kappa shape index (κ2) is 4.65. The number of benzene rings is 2. The quantitative estimate of drug-likeness (QED) is 0.836. The standard InChI is InChI=1S/C15H15N3O/c1-19-12-7-5-11(6-8-12)18-10-9-17-14-4-2-3-13(16)15(14)18/h2-9H,10,16H2,1H3. The molecule has 0 atom stereocenters. The first-order valence-corrected chi connectivity index (χ1v) is 6.12. The topological polar surface area (TPSA) is 50.8 Å². The lowest BCUT2D eigenvalue weighted by Gasteiger charge is -2.28. The van der Waals surface area contributed by atoms with Crippen molar-refractivity contribution >= 4 is 29.0 Å². The molecule has 4 heteroatoms. The van der Waals surface area contributed by atoms with E-state index in [0.717, 1.165) is 28.5 Å². The Hall–Kier alpha value is -2.49. The van der Waals surface area contributed by atoms with Gasteiger partial charge in [0, 0.05) is 11.9 Å². The molecule has 0 fully saturated rings. The maximum absolute atomic E-state index is 6.08. The van der Waals surface area contributed by atoms with Gasteiger partial charge < -0.3 is 15.4 Å². The third kappa shape index (κ3) is 2.01. The average molecular weight is 253 g/mol. The minimum absolute atomic E-state index is 0.716. The zero-order valence-electron chi connectivity index (χ0n) is 10.7. The number of ether oxygens (including phenoxy) is 1. The number of nitrogen functional groups attached to an aromatic ring is 1. The molecule has 2 aromatic rings. The van der Waals surface area contributed by atoms with Gasteiger partial charge in [-0.15, -0.1) is 0 Å². The monoisotopic (exact) mass is 253 g/mol. The lowest BCUT2D eigenvalue weighted by molar-refractivity contribution is 0.415. The number of fused-ring (bicyclic) bond motifs is 1. The Morgan fingerprint density at radius 2 is 1.95 bits per heavy atom. The molecule has 0 saturated heterocycles. The van der Waals surface area contributed by atoms with Crippen LogP contribution in [-0.4, -0.2) is 19.9 Å². The van der Waals surface area contributed by atoms with Crippen molar-refractivity contribution in [1.82, 2.24) is 0 Å². The molecule has 2 N–H and O–H groups in total. The molecule has 0 saturated carbocycles. The Kier molecular flexibility index (Phi) is 2.83. The molecule has 0 unspecified atom stereocenters. The minimum Gasteiger partial charge on any atom is -0.497 e. The van der Waals surface area contributed by atoms with Gasteiger partial charge in [-0.25, -0.2) is 0 Å². The second-order valence-corrected chi connectivity index (χ2v) is 4.34. The van der Waals surface area contributed by atoms with E-state index in [0.29, 0.717) is 6.54 Å². The smallest absolute Gasteiger partial charge is 0.119 e. The SMILES string of the molecule is COc1ccc(N2CC=Nc3cccc(N)c32)cc1. The first-order chi connectivity index (χ1) is 9.29. The van der Waals surface area contributed by atoms with E-state index in [9.17, 15) is 0 Å². The highest BCUT2D eigenvalue weighted by atomic mass is 16.5. The van der Waals surface area contributed by atoms with E-state index in [-0.39, 0.29) is 0 Å². The van der Waals surface area contributed by atoms with Crippen molar-refractivity contribution < 1.29 is 4.74 Å². The van der Waals surface area contributed by atoms with Crippen LogP contribution in [0, 0.1) is 0 Å². The first kappa shape index (κ1) is 11.6. The van der Waals surface area contributed by atoms with Crippen molar-refractivity contribution in [1.29, 1.82) is 0 Å². The van der Waals surface area contributed by atoms with Gasteiger partial charge in [-0.3, -0.25) is 4.99 Å². The highest BCUT2D eigenvalue weighted by Gasteiger charge is 2.18. The van der Waals surface area contributed by atoms with Gasteiger partial charge >= 0.3 is 0 Å². The summed E-state index contributed by atoms with van der Waals surface area (Å²) in [6.45, 7) is 0.716. The zero-order valence-corrected chi connectivity index (χ0v) is 10.7. The van der Waals surface area contributed by atoms with Crippen molar-refractivity contribution in [2.45, 2.75) is 0 Å². The molecule has 0 aromatic heterocycles. The molecular weight excluding hydrogens is 238 g/mol. The summed E-state index contributed by atoms with van der Waals surface area (Å²) < 4.78 is 5.18. The highest BCUT2D eigenvalue weighted by Crippen LogP contribution is 2.40. The van der Waals surface area contributed by atoms with Gasteiger partial charge in [0.15, 0.2) is 0 Å². The number of para-hydroxylation sites is 1. The van der Waals surface area contributed by atoms with Crippen LogP contribution in [0.3, 0.4) is 0 Å². The van der Waals surface area contributed by atoms with Crippen LogP contribution in [0.4, 0.5) is 22.7 Å². The number of nitrogens with zero attached hydrogens (tertiary/aromatic N) is 2. The van der Waals surface area contributed by atoms with E-state index in [1.165, 1.54) is 0 Å². The molecule has 1 heterocycles. The van der Waals surface area contributed by atoms with Crippen LogP contribution in [0.2, 0.25) is 0 Å². The molecule has 0 aliphatic carbocycles. The lowest BCUT2D eigenvalue weighted by atomic mass is 10.1. The number of methoxy groups -OCH3 is 1. The Morgan fingerprint density at radius 3 is 2.68 bits per heavy atom. The van der Waals surface area contributed by atoms with Gasteiger partial charge in [0.25, 0.3) is 0 Å². The first-order valence-electron chi connectivity index (χ1n) is 6.12. The van der Waals surface area contributed by atoms with Crippen molar-refractivity contribution in [2.24, 2.45) is 4.99 Å². The summed E-state index contributed by atoms with van der Waals surface area (Å²) in [5, 5.41) is 0. The molecule has 1 aliphatic heterocycles. The van der Waals surface area contributed by atoms with Crippen LogP contribution in [0.5, 0.6) is 5.75 Å². The number of hydrogen-bond donors (Lipinski definition) is 1. The molecule has 3 rings (SSSR count). The van der Waals surface area contributed by atoms with Gasteiger partial charge in [-0.2, -0.15) is 0 Å². The molecule has 0 amide bonds. The van der Waals surface area contributed by atoms with E-state index < -0.39 is 0 Å². The summed E-state index contributed by atoms with van der Waals surface area (Å²) in [7, 11) is 1.66. The number of nitrogens with two attached hydrogens (primary N) is 1. The zero-order chi connectivity index (χ0) is 13.2. The molecule has 4 nitrogen and oxygen atoms in total. The van der Waals surface area contributed by atoms with Gasteiger partial charge in [-0.1, -0.05) is 6.07 Å². The van der Waals surface area contributed by atoms with Crippen molar-refractivity contribution in [3.63, 3.8) is 0 Å². The van der Waals surface area contributed by atoms with Gasteiger partial charge in [0.2, 0.25) is 0 Å². The van der Waals surface area contributed by atoms with Crippen LogP contribution in [0.15, 0.2) is 47.5 Å². The van der Waals surface area contributed by atoms with Crippen LogP contribution in [-0.2, 0) is 0 Å². The van der Waals surface area contributed by atoms with Crippen molar-refractivity contribution in [3.05, 3.63) is 42.5 Å². The highest BCUT2D eigenvalue weighted by molar-refractivity contribution is 5.92. The van der Waals surface area contributed by atoms with Gasteiger partial charge in [0.1, 0.15) is 5.75 Å². The fourth-order valence-electron chi connectivity index (χ4n) is 2.26. The number of aliphatic imine (C=N–C) groups is 1. The molecular formula is C15H15N3O. The molecule has 0 spiro atoms. The summed E-state index contributed by atoms with van der Waals surface area (Å²) in [5.41, 5.74) is 9.77. The molecule has 0 bridgehead atoms. The predicted octanol–water partition coefficient (Wildman–Crippen LogP) is 3.13. The van der Waals surface area contributed by atoms with Gasteiger partial charge in [-0.05, 0) is 36.4 Å². The fraction of sp³-hybridized carbons (Fsp3) is 0.133. The summed E-state index contributed by atoms with van der Waals surface area (Å²) >= 11 is 0. The lowest BCUT2D eigenvalue weighted by Crippen LogP contribution is -2.23. The van der Waals surface area contributed by atoms with E-state index in [1.54, 1.807) is 7.11 Å². The second-order valence-electron chi connectivity index (χ2n) is 4.34. The number of rotatable bonds is 2. The van der Waals surface area contributed by atoms with E-state index in [2.05, 4.69) is 9.89 Å². The minimum atomic E-state index is 0.716. The summed E-state index contributed by atoms with van der Waals surface area (Å²) in [5.74, 6) is 0.843. The summed E-state index contributed by atoms with van der Waals surface area (Å²) in [6.07, 6.45) is 1.89. The summed E-state index contributed by atoms with van der Waals surface area (Å²) in [6, 6.07) is 13.7. The van der Waals surface area contributed by atoms with Crippen molar-refractivity contribution in [3.8, 4) is 5.75 Å². The fourth-order valence-corrected chi connectivity index (χ4v) is 2.26. The van der Waals surface area contributed by atoms with Crippen LogP contribution in [0.25, 0.3) is 0 Å². The molecule has 19 heavy (non-hydrogen) atoms. The van der Waals surface area contributed by atoms with Crippen LogP contribution >= 0.6 is 0 Å². The molecule has 2 aromatic carbocycles. The molecule has 96 valence electrons. The third-order valence-corrected chi connectivity index (χ3v) is 3.19. The summed E-state index contributed by atoms with van der Waals surface area (Å²) in [4.78, 5) is 6.54. The Morgan fingerprint density at radius 1 is 1.16 bits per heavy atom. The predicted molar refractivity (Wildman–Crippen MR) is 79.0 cm³/mol. The maximum Gasteiger partial charge on any atom is 0.119 e. The normalized spacial score (nSPS) is 13.2. The van der Waals surface area contributed by atoms with Crippen molar-refractivity contribution in [2.75, 3.05) is 24.3 Å². The Bertz CT molecular complexity index is 620. The Balaban J connectivity index is 2.05. The molecule has 1 aliphatic rings. The van der Waals surface area contributed by atoms with Crippen LogP contribution < -0.4 is 15.4 Å². The van der Waals surface area contributed by atoms with E-state index in [4.69, 9.17) is 10.5 Å². The average Bonchev–Trinajstić information content (AvgIpc) is 2.47. The van der Waals surface area contributed by atoms with E-state index in [1.807, 2.05) is 48.7 Å². The maximum atomic E-state index is 6.08. The van der Waals surface area contributed by atoms with Crippen LogP contribution in [0.1, 0.15) is 0 Å². The van der Waals surface area contributed by atoms with Gasteiger partial charge in [0.05, 0.1) is 30.7 Å². The number of hydrogen-bond acceptors (Lipinski definition) is 4. The third-order valence-electron chi connectivity index (χ3n) is 3.19. The molecule has 0 radical (unpaired) electrons.